The molecule has 0 saturated carbocycles. The predicted octanol–water partition coefficient (Wildman–Crippen LogP) is 0.440. The Hall–Kier alpha value is -1.46. The highest BCUT2D eigenvalue weighted by molar-refractivity contribution is 5.26. The largest absolute Gasteiger partial charge is 0.481 e. The number of hydrogen-bond acceptors (Lipinski definition) is 1. The van der Waals surface area contributed by atoms with Gasteiger partial charge < -0.3 is 10.5 Å². The molecule has 62 valence electrons. The third kappa shape index (κ3) is 2.30. The van der Waals surface area contributed by atoms with Crippen molar-refractivity contribution in [3.8, 4) is 18.1 Å². The van der Waals surface area contributed by atoms with Crippen molar-refractivity contribution in [1.29, 1.82) is 0 Å². The predicted molar refractivity (Wildman–Crippen MR) is 47.4 cm³/mol. The molecule has 0 amide bonds. The minimum absolute atomic E-state index is 0.323. The van der Waals surface area contributed by atoms with Gasteiger partial charge in [-0.1, -0.05) is 5.92 Å². The van der Waals surface area contributed by atoms with Crippen LogP contribution in [0.2, 0.25) is 0 Å². The molecule has 0 fully saturated rings. The Bertz CT molecular complexity index is 271. The molecule has 0 aromatic heterocycles. The smallest absolute Gasteiger partial charge is 0.148 e. The average molecular weight is 162 g/mol. The van der Waals surface area contributed by atoms with Gasteiger partial charge in [0.05, 0.1) is 6.54 Å². The standard InChI is InChI=1S/C10H11NO/c1-2-7-12-10-5-3-9(8-11)4-6-10/h1,3-6H,7-8,11H2/p+1. The fourth-order valence-corrected chi connectivity index (χ4v) is 0.877. The van der Waals surface area contributed by atoms with Crippen molar-refractivity contribution >= 4 is 0 Å². The van der Waals surface area contributed by atoms with Gasteiger partial charge in [-0.3, -0.25) is 0 Å². The van der Waals surface area contributed by atoms with Gasteiger partial charge in [0, 0.05) is 5.56 Å². The first-order valence-corrected chi connectivity index (χ1v) is 3.81. The highest BCUT2D eigenvalue weighted by Gasteiger charge is 1.92. The fraction of sp³-hybridized carbons (Fsp3) is 0.200. The first kappa shape index (κ1) is 8.63. The van der Waals surface area contributed by atoms with E-state index in [0.29, 0.717) is 6.61 Å². The zero-order chi connectivity index (χ0) is 8.81. The molecule has 0 heterocycles. The maximum atomic E-state index is 5.20. The normalized spacial score (nSPS) is 9.00. The molecule has 0 aliphatic rings. The highest BCUT2D eigenvalue weighted by Crippen LogP contribution is 2.10. The molecule has 0 atom stereocenters. The number of rotatable bonds is 3. The van der Waals surface area contributed by atoms with E-state index in [1.807, 2.05) is 24.3 Å². The van der Waals surface area contributed by atoms with E-state index >= 15 is 0 Å². The van der Waals surface area contributed by atoms with Crippen LogP contribution in [0.3, 0.4) is 0 Å². The summed E-state index contributed by atoms with van der Waals surface area (Å²) in [5.74, 6) is 3.22. The number of quaternary nitrogens is 1. The zero-order valence-electron chi connectivity index (χ0n) is 6.92. The molecular formula is C10H12NO+. The maximum Gasteiger partial charge on any atom is 0.148 e. The van der Waals surface area contributed by atoms with Crippen molar-refractivity contribution in [3.63, 3.8) is 0 Å². The maximum absolute atomic E-state index is 5.20. The highest BCUT2D eigenvalue weighted by atomic mass is 16.5. The second kappa shape index (κ2) is 4.42. The van der Waals surface area contributed by atoms with Crippen LogP contribution in [0.5, 0.6) is 5.75 Å². The quantitative estimate of drug-likeness (QED) is 0.643. The summed E-state index contributed by atoms with van der Waals surface area (Å²) < 4.78 is 5.20. The molecule has 1 aromatic carbocycles. The molecule has 12 heavy (non-hydrogen) atoms. The van der Waals surface area contributed by atoms with Gasteiger partial charge in [-0.2, -0.15) is 0 Å². The topological polar surface area (TPSA) is 36.9 Å². The lowest BCUT2D eigenvalue weighted by molar-refractivity contribution is -0.386. The molecule has 0 bridgehead atoms. The number of hydrogen-bond donors (Lipinski definition) is 1. The Labute approximate surface area is 72.3 Å². The number of ether oxygens (including phenoxy) is 1. The summed E-state index contributed by atoms with van der Waals surface area (Å²) >= 11 is 0. The van der Waals surface area contributed by atoms with Gasteiger partial charge in [-0.15, -0.1) is 6.42 Å². The monoisotopic (exact) mass is 162 g/mol. The van der Waals surface area contributed by atoms with Crippen LogP contribution in [0.4, 0.5) is 0 Å². The van der Waals surface area contributed by atoms with Crippen molar-refractivity contribution in [2.24, 2.45) is 0 Å². The van der Waals surface area contributed by atoms with E-state index < -0.39 is 0 Å². The third-order valence-corrected chi connectivity index (χ3v) is 1.53. The van der Waals surface area contributed by atoms with Gasteiger partial charge in [0.1, 0.15) is 12.4 Å². The van der Waals surface area contributed by atoms with Gasteiger partial charge in [0.15, 0.2) is 0 Å². The first-order chi connectivity index (χ1) is 5.86. The molecule has 0 aliphatic heterocycles. The van der Waals surface area contributed by atoms with Crippen LogP contribution < -0.4 is 10.5 Å². The van der Waals surface area contributed by atoms with Crippen molar-refractivity contribution in [2.45, 2.75) is 6.54 Å². The summed E-state index contributed by atoms with van der Waals surface area (Å²) in [5, 5.41) is 0. The van der Waals surface area contributed by atoms with Crippen molar-refractivity contribution < 1.29 is 10.5 Å². The number of benzene rings is 1. The van der Waals surface area contributed by atoms with Crippen LogP contribution in [-0.4, -0.2) is 6.61 Å². The third-order valence-electron chi connectivity index (χ3n) is 1.53. The number of terminal acetylenes is 1. The zero-order valence-corrected chi connectivity index (χ0v) is 6.92. The average Bonchev–Trinajstić information content (AvgIpc) is 2.15. The SMILES string of the molecule is C#CCOc1ccc(C[NH3+])cc1. The summed E-state index contributed by atoms with van der Waals surface area (Å²) in [6.45, 7) is 1.12. The van der Waals surface area contributed by atoms with Crippen LogP contribution >= 0.6 is 0 Å². The lowest BCUT2D eigenvalue weighted by atomic mass is 10.2. The Morgan fingerprint density at radius 3 is 2.50 bits per heavy atom. The summed E-state index contributed by atoms with van der Waals surface area (Å²) in [5.41, 5.74) is 4.97. The first-order valence-electron chi connectivity index (χ1n) is 3.81. The Morgan fingerprint density at radius 1 is 1.33 bits per heavy atom. The minimum Gasteiger partial charge on any atom is -0.481 e. The van der Waals surface area contributed by atoms with E-state index in [2.05, 4.69) is 11.7 Å². The van der Waals surface area contributed by atoms with E-state index in [1.54, 1.807) is 0 Å². The molecule has 2 nitrogen and oxygen atoms in total. The Balaban J connectivity index is 2.60. The second-order valence-corrected chi connectivity index (χ2v) is 2.39. The van der Waals surface area contributed by atoms with Crippen molar-refractivity contribution in [2.75, 3.05) is 6.61 Å². The van der Waals surface area contributed by atoms with Gasteiger partial charge in [0.25, 0.3) is 0 Å². The van der Waals surface area contributed by atoms with Gasteiger partial charge in [0.2, 0.25) is 0 Å². The fourth-order valence-electron chi connectivity index (χ4n) is 0.877. The molecule has 3 N–H and O–H groups in total. The second-order valence-electron chi connectivity index (χ2n) is 2.39. The summed E-state index contributed by atoms with van der Waals surface area (Å²) in [6.07, 6.45) is 5.05. The van der Waals surface area contributed by atoms with Gasteiger partial charge in [-0.25, -0.2) is 0 Å². The molecule has 1 aromatic rings. The summed E-state index contributed by atoms with van der Waals surface area (Å²) in [6, 6.07) is 7.77. The summed E-state index contributed by atoms with van der Waals surface area (Å²) in [7, 11) is 0. The van der Waals surface area contributed by atoms with E-state index in [4.69, 9.17) is 11.2 Å². The Morgan fingerprint density at radius 2 is 2.00 bits per heavy atom. The molecular weight excluding hydrogens is 150 g/mol. The molecule has 1 rings (SSSR count). The molecule has 2 heteroatoms. The minimum atomic E-state index is 0.323. The molecule has 0 radical (unpaired) electrons. The van der Waals surface area contributed by atoms with Crippen LogP contribution in [0, 0.1) is 12.3 Å². The van der Waals surface area contributed by atoms with Gasteiger partial charge >= 0.3 is 0 Å². The lowest BCUT2D eigenvalue weighted by Gasteiger charge is -2.01. The van der Waals surface area contributed by atoms with E-state index in [0.717, 1.165) is 12.3 Å². The van der Waals surface area contributed by atoms with E-state index in [9.17, 15) is 0 Å². The van der Waals surface area contributed by atoms with Crippen LogP contribution in [0.1, 0.15) is 5.56 Å². The lowest BCUT2D eigenvalue weighted by Crippen LogP contribution is -2.47. The molecule has 0 unspecified atom stereocenters. The van der Waals surface area contributed by atoms with Crippen molar-refractivity contribution in [1.82, 2.24) is 0 Å². The Kier molecular flexibility index (Phi) is 3.18. The van der Waals surface area contributed by atoms with Crippen LogP contribution in [0.15, 0.2) is 24.3 Å². The molecule has 0 spiro atoms. The van der Waals surface area contributed by atoms with E-state index in [-0.39, 0.29) is 0 Å². The van der Waals surface area contributed by atoms with E-state index in [1.165, 1.54) is 5.56 Å². The molecule has 0 saturated heterocycles. The molecule has 0 aliphatic carbocycles. The van der Waals surface area contributed by atoms with Crippen LogP contribution in [0.25, 0.3) is 0 Å². The van der Waals surface area contributed by atoms with Crippen molar-refractivity contribution in [3.05, 3.63) is 29.8 Å². The summed E-state index contributed by atoms with van der Waals surface area (Å²) in [4.78, 5) is 0. The van der Waals surface area contributed by atoms with Crippen LogP contribution in [-0.2, 0) is 6.54 Å². The van der Waals surface area contributed by atoms with Gasteiger partial charge in [-0.05, 0) is 24.3 Å².